The van der Waals surface area contributed by atoms with Gasteiger partial charge in [-0.25, -0.2) is 9.37 Å². The van der Waals surface area contributed by atoms with Crippen molar-refractivity contribution in [2.45, 2.75) is 19.4 Å². The maximum absolute atomic E-state index is 14.6. The minimum Gasteiger partial charge on any atom is -0.383 e. The van der Waals surface area contributed by atoms with Gasteiger partial charge >= 0.3 is 0 Å². The van der Waals surface area contributed by atoms with Gasteiger partial charge in [0.25, 0.3) is 11.5 Å². The molecule has 0 fully saturated rings. The van der Waals surface area contributed by atoms with Gasteiger partial charge in [0.2, 0.25) is 0 Å². The van der Waals surface area contributed by atoms with Crippen molar-refractivity contribution in [1.82, 2.24) is 14.5 Å². The number of amides is 1. The Morgan fingerprint density at radius 3 is 2.46 bits per heavy atom. The van der Waals surface area contributed by atoms with E-state index in [1.165, 1.54) is 21.6 Å². The van der Waals surface area contributed by atoms with Crippen molar-refractivity contribution in [1.29, 1.82) is 0 Å². The summed E-state index contributed by atoms with van der Waals surface area (Å²) in [4.78, 5) is 33.7. The van der Waals surface area contributed by atoms with Crippen LogP contribution in [0.15, 0.2) is 82.1 Å². The Kier molecular flexibility index (Phi) is 7.73. The van der Waals surface area contributed by atoms with Gasteiger partial charge in [-0.15, -0.1) is 0 Å². The Balaban J connectivity index is 1.95. The van der Waals surface area contributed by atoms with Gasteiger partial charge in [-0.3, -0.25) is 14.2 Å². The summed E-state index contributed by atoms with van der Waals surface area (Å²) >= 11 is 3.44. The highest BCUT2D eigenvalue weighted by Gasteiger charge is 2.30. The molecule has 1 heterocycles. The number of halogens is 2. The Labute approximate surface area is 211 Å². The van der Waals surface area contributed by atoms with Gasteiger partial charge in [-0.2, -0.15) is 0 Å². The van der Waals surface area contributed by atoms with Crippen LogP contribution in [0.2, 0.25) is 0 Å². The molecule has 0 saturated carbocycles. The average Bonchev–Trinajstić information content (AvgIpc) is 2.87. The molecule has 0 N–H and O–H groups in total. The second-order valence-corrected chi connectivity index (χ2v) is 8.92. The molecule has 0 aliphatic rings. The molecule has 6 nitrogen and oxygen atoms in total. The third kappa shape index (κ3) is 5.04. The van der Waals surface area contributed by atoms with E-state index in [-0.39, 0.29) is 24.3 Å². The third-order valence-electron chi connectivity index (χ3n) is 5.85. The first-order chi connectivity index (χ1) is 17.0. The van der Waals surface area contributed by atoms with Crippen LogP contribution in [0, 0.1) is 5.82 Å². The number of nitrogens with zero attached hydrogens (tertiary/aromatic N) is 3. The fraction of sp³-hybridized carbons (Fsp3) is 0.222. The Bertz CT molecular complexity index is 1410. The zero-order chi connectivity index (χ0) is 24.9. The van der Waals surface area contributed by atoms with Crippen LogP contribution in [-0.4, -0.2) is 40.6 Å². The lowest BCUT2D eigenvalue weighted by molar-refractivity contribution is 0.0575. The molecule has 8 heteroatoms. The second-order valence-electron chi connectivity index (χ2n) is 8.00. The van der Waals surface area contributed by atoms with E-state index in [0.717, 1.165) is 4.47 Å². The number of methoxy groups -OCH3 is 1. The molecular weight excluding hydrogens is 513 g/mol. The lowest BCUT2D eigenvalue weighted by atomic mass is 10.1. The van der Waals surface area contributed by atoms with Gasteiger partial charge < -0.3 is 9.64 Å². The lowest BCUT2D eigenvalue weighted by Gasteiger charge is -2.32. The Hall–Kier alpha value is -3.36. The first-order valence-corrected chi connectivity index (χ1v) is 12.1. The molecule has 0 spiro atoms. The summed E-state index contributed by atoms with van der Waals surface area (Å²) in [6.07, 6.45) is 0.450. The SMILES string of the molecule is CCC(c1nc2ccccc2c(=O)n1-c1ccc(Br)cc1)N(CCOC)C(=O)c1ccccc1F. The number of fused-ring (bicyclic) bond motifs is 1. The number of para-hydroxylation sites is 1. The van der Waals surface area contributed by atoms with E-state index >= 15 is 0 Å². The van der Waals surface area contributed by atoms with Gasteiger partial charge in [0.1, 0.15) is 11.6 Å². The number of aromatic nitrogens is 2. The molecule has 0 aliphatic carbocycles. The van der Waals surface area contributed by atoms with E-state index in [1.54, 1.807) is 37.4 Å². The van der Waals surface area contributed by atoms with Crippen LogP contribution in [0.1, 0.15) is 35.6 Å². The van der Waals surface area contributed by atoms with E-state index in [4.69, 9.17) is 9.72 Å². The molecule has 4 rings (SSSR count). The lowest BCUT2D eigenvalue weighted by Crippen LogP contribution is -2.40. The van der Waals surface area contributed by atoms with Gasteiger partial charge in [-0.05, 0) is 55.0 Å². The number of ether oxygens (including phenoxy) is 1. The molecule has 1 aromatic heterocycles. The van der Waals surface area contributed by atoms with Gasteiger partial charge in [0.15, 0.2) is 0 Å². The number of hydrogen-bond donors (Lipinski definition) is 0. The molecule has 4 aromatic rings. The summed E-state index contributed by atoms with van der Waals surface area (Å²) in [6.45, 7) is 2.35. The van der Waals surface area contributed by atoms with Crippen LogP contribution in [0.4, 0.5) is 4.39 Å². The molecular formula is C27H25BrFN3O3. The molecule has 0 saturated heterocycles. The van der Waals surface area contributed by atoms with Crippen LogP contribution in [0.5, 0.6) is 0 Å². The zero-order valence-corrected chi connectivity index (χ0v) is 21.0. The summed E-state index contributed by atoms with van der Waals surface area (Å²) in [7, 11) is 1.54. The van der Waals surface area contributed by atoms with Crippen molar-refractivity contribution < 1.29 is 13.9 Å². The van der Waals surface area contributed by atoms with Crippen molar-refractivity contribution in [2.75, 3.05) is 20.3 Å². The number of hydrogen-bond acceptors (Lipinski definition) is 4. The van der Waals surface area contributed by atoms with Gasteiger partial charge in [-0.1, -0.05) is 47.1 Å². The zero-order valence-electron chi connectivity index (χ0n) is 19.4. The second kappa shape index (κ2) is 10.9. The largest absolute Gasteiger partial charge is 0.383 e. The van der Waals surface area contributed by atoms with Crippen molar-refractivity contribution in [3.8, 4) is 5.69 Å². The summed E-state index contributed by atoms with van der Waals surface area (Å²) in [5.41, 5.74) is 0.871. The summed E-state index contributed by atoms with van der Waals surface area (Å²) in [5.74, 6) is -0.692. The van der Waals surface area contributed by atoms with E-state index in [0.29, 0.717) is 28.8 Å². The van der Waals surface area contributed by atoms with Gasteiger partial charge in [0, 0.05) is 18.1 Å². The normalized spacial score (nSPS) is 12.0. The minimum atomic E-state index is -0.613. The molecule has 1 atom stereocenters. The topological polar surface area (TPSA) is 64.4 Å². The Morgan fingerprint density at radius 2 is 1.77 bits per heavy atom. The highest BCUT2D eigenvalue weighted by molar-refractivity contribution is 9.10. The summed E-state index contributed by atoms with van der Waals surface area (Å²) in [5, 5.41) is 0.470. The number of carbonyl (C=O) groups excluding carboxylic acids is 1. The molecule has 1 unspecified atom stereocenters. The molecule has 0 aliphatic heterocycles. The molecule has 3 aromatic carbocycles. The third-order valence-corrected chi connectivity index (χ3v) is 6.38. The standard InChI is InChI=1S/C27H25BrFN3O3/c1-3-24(31(16-17-35-2)26(33)20-8-4-6-10-22(20)29)25-30-23-11-7-5-9-21(23)27(34)32(25)19-14-12-18(28)13-15-19/h4-15,24H,3,16-17H2,1-2H3. The van der Waals surface area contributed by atoms with E-state index in [9.17, 15) is 14.0 Å². The van der Waals surface area contributed by atoms with E-state index in [2.05, 4.69) is 15.9 Å². The van der Waals surface area contributed by atoms with Crippen LogP contribution < -0.4 is 5.56 Å². The van der Waals surface area contributed by atoms with E-state index in [1.807, 2.05) is 37.3 Å². The first kappa shape index (κ1) is 24.8. The van der Waals surface area contributed by atoms with Crippen molar-refractivity contribution in [2.24, 2.45) is 0 Å². The predicted octanol–water partition coefficient (Wildman–Crippen LogP) is 5.53. The van der Waals surface area contributed by atoms with Crippen molar-refractivity contribution in [3.63, 3.8) is 0 Å². The fourth-order valence-corrected chi connectivity index (χ4v) is 4.40. The smallest absolute Gasteiger partial charge is 0.266 e. The van der Waals surface area contributed by atoms with Crippen molar-refractivity contribution in [3.05, 3.63) is 105 Å². The maximum Gasteiger partial charge on any atom is 0.266 e. The Morgan fingerprint density at radius 1 is 1.09 bits per heavy atom. The van der Waals surface area contributed by atoms with Crippen LogP contribution in [0.3, 0.4) is 0 Å². The van der Waals surface area contributed by atoms with Crippen LogP contribution >= 0.6 is 15.9 Å². The monoisotopic (exact) mass is 537 g/mol. The quantitative estimate of drug-likeness (QED) is 0.296. The van der Waals surface area contributed by atoms with Crippen molar-refractivity contribution >= 4 is 32.7 Å². The number of benzene rings is 3. The van der Waals surface area contributed by atoms with Crippen LogP contribution in [-0.2, 0) is 4.74 Å². The average molecular weight is 538 g/mol. The van der Waals surface area contributed by atoms with E-state index < -0.39 is 17.8 Å². The molecule has 1 amide bonds. The maximum atomic E-state index is 14.6. The highest BCUT2D eigenvalue weighted by atomic mass is 79.9. The summed E-state index contributed by atoms with van der Waals surface area (Å²) in [6, 6.07) is 19.7. The number of carbonyl (C=O) groups is 1. The first-order valence-electron chi connectivity index (χ1n) is 11.3. The molecule has 35 heavy (non-hydrogen) atoms. The molecule has 0 radical (unpaired) electrons. The van der Waals surface area contributed by atoms with Gasteiger partial charge in [0.05, 0.1) is 34.8 Å². The highest BCUT2D eigenvalue weighted by Crippen LogP contribution is 2.28. The molecule has 180 valence electrons. The fourth-order valence-electron chi connectivity index (χ4n) is 4.13. The predicted molar refractivity (Wildman–Crippen MR) is 137 cm³/mol. The summed E-state index contributed by atoms with van der Waals surface area (Å²) < 4.78 is 22.3. The minimum absolute atomic E-state index is 0.0413. The van der Waals surface area contributed by atoms with Crippen LogP contribution in [0.25, 0.3) is 16.6 Å². The number of rotatable bonds is 8. The molecule has 0 bridgehead atoms.